The lowest BCUT2D eigenvalue weighted by Gasteiger charge is -2.36. The van der Waals surface area contributed by atoms with Gasteiger partial charge in [0.2, 0.25) is 0 Å². The normalized spacial score (nSPS) is 12.8. The highest BCUT2D eigenvalue weighted by molar-refractivity contribution is 9.10. The molecule has 0 N–H and O–H groups in total. The first kappa shape index (κ1) is 18.9. The molecule has 1 aromatic heterocycles. The summed E-state index contributed by atoms with van der Waals surface area (Å²) < 4.78 is 7.07. The van der Waals surface area contributed by atoms with Gasteiger partial charge in [-0.05, 0) is 63.9 Å². The molecule has 0 spiro atoms. The number of nitrogens with zero attached hydrogens (tertiary/aromatic N) is 1. The van der Waals surface area contributed by atoms with Crippen LogP contribution in [0.5, 0.6) is 0 Å². The highest BCUT2D eigenvalue weighted by Crippen LogP contribution is 2.36. The molecule has 2 rings (SSSR count). The van der Waals surface area contributed by atoms with Crippen LogP contribution in [0.15, 0.2) is 28.9 Å². The van der Waals surface area contributed by atoms with Crippen molar-refractivity contribution in [3.05, 3.63) is 39.6 Å². The first-order valence-corrected chi connectivity index (χ1v) is 12.1. The highest BCUT2D eigenvalue weighted by atomic mass is 79.9. The van der Waals surface area contributed by atoms with Crippen molar-refractivity contribution in [3.8, 4) is 0 Å². The fourth-order valence-corrected chi connectivity index (χ4v) is 4.21. The minimum Gasteiger partial charge on any atom is -0.417 e. The van der Waals surface area contributed by atoms with E-state index < -0.39 is 8.32 Å². The molecule has 0 unspecified atom stereocenters. The summed E-state index contributed by atoms with van der Waals surface area (Å²) >= 11 is 9.60. The van der Waals surface area contributed by atoms with Gasteiger partial charge in [0.1, 0.15) is 9.76 Å². The maximum absolute atomic E-state index is 6.27. The second-order valence-corrected chi connectivity index (χ2v) is 13.4. The van der Waals surface area contributed by atoms with Crippen molar-refractivity contribution in [2.24, 2.45) is 0 Å². The van der Waals surface area contributed by atoms with Crippen molar-refractivity contribution in [1.82, 2.24) is 4.98 Å². The number of rotatable bonds is 5. The smallest absolute Gasteiger partial charge is 0.191 e. The van der Waals surface area contributed by atoms with E-state index in [9.17, 15) is 0 Å². The summed E-state index contributed by atoms with van der Waals surface area (Å²) in [4.78, 5) is 4.26. The van der Waals surface area contributed by atoms with Gasteiger partial charge >= 0.3 is 0 Å². The number of hydrogen-bond acceptors (Lipinski definition) is 2. The summed E-state index contributed by atoms with van der Waals surface area (Å²) in [5.41, 5.74) is 1.30. The Bertz CT molecular complexity index is 697. The first-order valence-electron chi connectivity index (χ1n) is 7.99. The number of pyridine rings is 1. The number of aromatic nitrogens is 1. The van der Waals surface area contributed by atoms with Crippen LogP contribution in [0.2, 0.25) is 23.3 Å². The lowest BCUT2D eigenvalue weighted by Crippen LogP contribution is -2.41. The molecule has 0 radical (unpaired) electrons. The third-order valence-corrected chi connectivity index (χ3v) is 10.1. The van der Waals surface area contributed by atoms with Crippen LogP contribution in [-0.2, 0) is 10.8 Å². The molecule has 0 aliphatic heterocycles. The number of fused-ring (bicyclic) bond motifs is 1. The van der Waals surface area contributed by atoms with E-state index in [0.717, 1.165) is 29.4 Å². The van der Waals surface area contributed by atoms with Crippen LogP contribution in [0, 0.1) is 0 Å². The van der Waals surface area contributed by atoms with Crippen molar-refractivity contribution >= 4 is 46.6 Å². The minimum atomic E-state index is -1.65. The van der Waals surface area contributed by atoms with Crippen LogP contribution in [-0.4, -0.2) is 19.9 Å². The van der Waals surface area contributed by atoms with E-state index in [2.05, 4.69) is 73.0 Å². The molecular weight excluding hydrogens is 390 g/mol. The standard InChI is InChI=1S/C18H25BrClNOSi/c1-18(2,3)23(4,5)22-11-7-9-13-8-6-10-14-15(13)12-16(20)21-17(14)19/h6,8,10,12H,7,9,11H2,1-5H3. The molecule has 2 aromatic rings. The molecule has 23 heavy (non-hydrogen) atoms. The maximum Gasteiger partial charge on any atom is 0.191 e. The van der Waals surface area contributed by atoms with E-state index in [4.69, 9.17) is 16.0 Å². The number of hydrogen-bond donors (Lipinski definition) is 0. The van der Waals surface area contributed by atoms with Gasteiger partial charge in [-0.2, -0.15) is 0 Å². The molecule has 0 bridgehead atoms. The van der Waals surface area contributed by atoms with E-state index in [1.165, 1.54) is 10.9 Å². The summed E-state index contributed by atoms with van der Waals surface area (Å²) in [6.45, 7) is 12.2. The molecule has 126 valence electrons. The van der Waals surface area contributed by atoms with Gasteiger partial charge in [0, 0.05) is 12.0 Å². The minimum absolute atomic E-state index is 0.260. The molecule has 0 saturated carbocycles. The largest absolute Gasteiger partial charge is 0.417 e. The summed E-state index contributed by atoms with van der Waals surface area (Å²) in [7, 11) is -1.65. The van der Waals surface area contributed by atoms with E-state index in [-0.39, 0.29) is 5.04 Å². The third kappa shape index (κ3) is 4.56. The number of halogens is 2. The lowest BCUT2D eigenvalue weighted by molar-refractivity contribution is 0.282. The lowest BCUT2D eigenvalue weighted by atomic mass is 10.0. The summed E-state index contributed by atoms with van der Waals surface area (Å²) in [5.74, 6) is 0. The molecule has 0 aliphatic carbocycles. The van der Waals surface area contributed by atoms with Gasteiger partial charge in [0.15, 0.2) is 8.32 Å². The van der Waals surface area contributed by atoms with E-state index >= 15 is 0 Å². The van der Waals surface area contributed by atoms with Crippen LogP contribution in [0.25, 0.3) is 10.8 Å². The van der Waals surface area contributed by atoms with Gasteiger partial charge in [0.25, 0.3) is 0 Å². The van der Waals surface area contributed by atoms with Crippen LogP contribution in [0.4, 0.5) is 0 Å². The van der Waals surface area contributed by atoms with Crippen molar-refractivity contribution in [2.75, 3.05) is 6.61 Å². The van der Waals surface area contributed by atoms with Crippen LogP contribution in [0.1, 0.15) is 32.8 Å². The van der Waals surface area contributed by atoms with E-state index in [1.807, 2.05) is 6.07 Å². The Labute approximate surface area is 153 Å². The van der Waals surface area contributed by atoms with Gasteiger partial charge in [-0.15, -0.1) is 0 Å². The van der Waals surface area contributed by atoms with E-state index in [0.29, 0.717) is 5.15 Å². The van der Waals surface area contributed by atoms with Crippen molar-refractivity contribution in [1.29, 1.82) is 0 Å². The second kappa shape index (κ2) is 7.22. The van der Waals surface area contributed by atoms with Crippen molar-refractivity contribution < 1.29 is 4.43 Å². The van der Waals surface area contributed by atoms with Crippen LogP contribution in [0.3, 0.4) is 0 Å². The SMILES string of the molecule is CC(C)(C)[Si](C)(C)OCCCc1cccc2c(Br)nc(Cl)cc12. The zero-order valence-electron chi connectivity index (χ0n) is 14.5. The molecule has 0 aliphatic rings. The Morgan fingerprint density at radius 2 is 1.91 bits per heavy atom. The second-order valence-electron chi connectivity index (χ2n) is 7.46. The highest BCUT2D eigenvalue weighted by Gasteiger charge is 2.36. The zero-order valence-corrected chi connectivity index (χ0v) is 17.9. The average Bonchev–Trinajstić information content (AvgIpc) is 2.42. The van der Waals surface area contributed by atoms with Gasteiger partial charge in [0.05, 0.1) is 0 Å². The van der Waals surface area contributed by atoms with E-state index in [1.54, 1.807) is 0 Å². The van der Waals surface area contributed by atoms with Crippen molar-refractivity contribution in [3.63, 3.8) is 0 Å². The zero-order chi connectivity index (χ0) is 17.3. The molecule has 5 heteroatoms. The Balaban J connectivity index is 2.06. The molecule has 0 amide bonds. The molecule has 2 nitrogen and oxygen atoms in total. The summed E-state index contributed by atoms with van der Waals surface area (Å²) in [6.07, 6.45) is 2.00. The topological polar surface area (TPSA) is 22.1 Å². The molecular formula is C18H25BrClNOSi. The van der Waals surface area contributed by atoms with Crippen molar-refractivity contribution in [2.45, 2.75) is 51.7 Å². The average molecular weight is 415 g/mol. The Morgan fingerprint density at radius 3 is 2.57 bits per heavy atom. The molecule has 0 fully saturated rings. The quantitative estimate of drug-likeness (QED) is 0.312. The Hall–Kier alpha value is -0.423. The fourth-order valence-electron chi connectivity index (χ4n) is 2.29. The van der Waals surface area contributed by atoms with Gasteiger partial charge in [-0.3, -0.25) is 0 Å². The fraction of sp³-hybridized carbons (Fsp3) is 0.500. The number of benzene rings is 1. The first-order chi connectivity index (χ1) is 10.6. The predicted molar refractivity (Wildman–Crippen MR) is 106 cm³/mol. The van der Waals surface area contributed by atoms with Crippen LogP contribution >= 0.6 is 27.5 Å². The Kier molecular flexibility index (Phi) is 5.93. The molecule has 0 atom stereocenters. The predicted octanol–water partition coefficient (Wildman–Crippen LogP) is 6.61. The summed E-state index contributed by atoms with van der Waals surface area (Å²) in [5, 5.41) is 3.06. The Morgan fingerprint density at radius 1 is 1.22 bits per heavy atom. The summed E-state index contributed by atoms with van der Waals surface area (Å²) in [6, 6.07) is 8.26. The van der Waals surface area contributed by atoms with Gasteiger partial charge < -0.3 is 4.43 Å². The monoisotopic (exact) mass is 413 g/mol. The maximum atomic E-state index is 6.27. The molecule has 1 aromatic carbocycles. The molecule has 1 heterocycles. The molecule has 0 saturated heterocycles. The van der Waals surface area contributed by atoms with Gasteiger partial charge in [-0.1, -0.05) is 50.6 Å². The van der Waals surface area contributed by atoms with Gasteiger partial charge in [-0.25, -0.2) is 4.98 Å². The third-order valence-electron chi connectivity index (χ3n) is 4.75. The van der Waals surface area contributed by atoms with Crippen LogP contribution < -0.4 is 0 Å². The number of aryl methyl sites for hydroxylation is 1.